The Hall–Kier alpha value is -2.07. The molecule has 144 valence electrons. The predicted octanol–water partition coefficient (Wildman–Crippen LogP) is 1.36. The van der Waals surface area contributed by atoms with Crippen molar-refractivity contribution in [3.05, 3.63) is 0 Å². The molecule has 1 aliphatic heterocycles. The molecule has 0 aromatic heterocycles. The molecule has 0 radical (unpaired) electrons. The lowest BCUT2D eigenvalue weighted by atomic mass is 9.99. The Morgan fingerprint density at radius 1 is 1.40 bits per heavy atom. The van der Waals surface area contributed by atoms with Gasteiger partial charge in [-0.15, -0.1) is 12.8 Å². The number of nitrogens with two attached hydrogens (primary N) is 2. The molecule has 2 aliphatic rings. The number of terminal acetylenes is 1. The Morgan fingerprint density at radius 2 is 1.88 bits per heavy atom. The molecule has 1 unspecified atom stereocenters. The smallest absolute Gasteiger partial charge is 0.231 e. The zero-order chi connectivity index (χ0) is 20.2. The summed E-state index contributed by atoms with van der Waals surface area (Å²) in [6.45, 7) is 11.0. The number of nitrogens with zero attached hydrogens (tertiary/aromatic N) is 2. The van der Waals surface area contributed by atoms with Crippen molar-refractivity contribution in [3.63, 3.8) is 0 Å². The summed E-state index contributed by atoms with van der Waals surface area (Å²) in [4.78, 5) is 28.6. The fraction of sp³-hybridized carbons (Fsp3) is 0.722. The molecule has 2 atom stereocenters. The molecule has 7 nitrogen and oxygen atoms in total. The summed E-state index contributed by atoms with van der Waals surface area (Å²) in [5, 5.41) is 0. The van der Waals surface area contributed by atoms with E-state index in [1.165, 1.54) is 4.90 Å². The number of ether oxygens (including phenoxy) is 1. The summed E-state index contributed by atoms with van der Waals surface area (Å²) < 4.78 is 4.54. The SMILES string of the molecule is C#C.CC.CC1(C)CC(=O)N(C[C@H]2CC2C(N)=O)C(N)=N1.CCOC. The van der Waals surface area contributed by atoms with Crippen molar-refractivity contribution in [1.29, 1.82) is 0 Å². The van der Waals surface area contributed by atoms with E-state index in [2.05, 4.69) is 22.6 Å². The number of hydrogen-bond acceptors (Lipinski definition) is 5. The van der Waals surface area contributed by atoms with Crippen molar-refractivity contribution in [1.82, 2.24) is 4.90 Å². The molecular weight excluding hydrogens is 320 g/mol. The van der Waals surface area contributed by atoms with E-state index >= 15 is 0 Å². The fourth-order valence-electron chi connectivity index (χ4n) is 2.23. The van der Waals surface area contributed by atoms with Gasteiger partial charge in [-0.05, 0) is 33.1 Å². The molecular formula is C18H34N4O3. The molecule has 0 saturated heterocycles. The van der Waals surface area contributed by atoms with Crippen LogP contribution in [0.15, 0.2) is 4.99 Å². The minimum absolute atomic E-state index is 0.0300. The Kier molecular flexibility index (Phi) is 12.4. The maximum Gasteiger partial charge on any atom is 0.231 e. The molecule has 7 heteroatoms. The Balaban J connectivity index is 0. The second kappa shape index (κ2) is 12.3. The van der Waals surface area contributed by atoms with E-state index in [0.29, 0.717) is 13.0 Å². The first-order chi connectivity index (χ1) is 11.7. The van der Waals surface area contributed by atoms with Crippen molar-refractivity contribution in [2.45, 2.75) is 53.0 Å². The van der Waals surface area contributed by atoms with Gasteiger partial charge in [0.05, 0.1) is 12.0 Å². The van der Waals surface area contributed by atoms with Crippen molar-refractivity contribution in [2.75, 3.05) is 20.3 Å². The van der Waals surface area contributed by atoms with E-state index in [0.717, 1.165) is 13.0 Å². The summed E-state index contributed by atoms with van der Waals surface area (Å²) >= 11 is 0. The maximum absolute atomic E-state index is 11.9. The summed E-state index contributed by atoms with van der Waals surface area (Å²) in [7, 11) is 1.68. The topological polar surface area (TPSA) is 111 Å². The average Bonchev–Trinajstić information content (AvgIpc) is 3.34. The van der Waals surface area contributed by atoms with Crippen LogP contribution in [0.4, 0.5) is 0 Å². The van der Waals surface area contributed by atoms with E-state index in [9.17, 15) is 9.59 Å². The van der Waals surface area contributed by atoms with Crippen LogP contribution in [0.25, 0.3) is 0 Å². The van der Waals surface area contributed by atoms with Gasteiger partial charge in [0.2, 0.25) is 11.8 Å². The molecule has 0 spiro atoms. The number of primary amides is 1. The number of rotatable bonds is 4. The normalized spacial score (nSPS) is 22.6. The lowest BCUT2D eigenvalue weighted by Gasteiger charge is -2.32. The quantitative estimate of drug-likeness (QED) is 0.742. The Morgan fingerprint density at radius 3 is 2.20 bits per heavy atom. The standard InChI is InChI=1S/C11H18N4O2.C3H8O.C2H6.C2H2/c1-11(2)4-8(16)15(10(13)14-11)5-6-3-7(6)9(12)17;1-3-4-2;2*1-2/h6-7H,3-5H2,1-2H3,(H2,12,17)(H2,13,14);3H2,1-2H3;1-2H3;1-2H/t6-,7?;;;/m1.../s1. The molecule has 0 aromatic carbocycles. The van der Waals surface area contributed by atoms with Gasteiger partial charge >= 0.3 is 0 Å². The Bertz CT molecular complexity index is 470. The molecule has 2 rings (SSSR count). The zero-order valence-electron chi connectivity index (χ0n) is 16.4. The van der Waals surface area contributed by atoms with Crippen LogP contribution in [0.5, 0.6) is 0 Å². The molecule has 1 saturated carbocycles. The Labute approximate surface area is 152 Å². The van der Waals surface area contributed by atoms with E-state index in [1.54, 1.807) is 7.11 Å². The monoisotopic (exact) mass is 354 g/mol. The van der Waals surface area contributed by atoms with Crippen LogP contribution in [0.1, 0.15) is 47.5 Å². The molecule has 0 bridgehead atoms. The van der Waals surface area contributed by atoms with E-state index in [4.69, 9.17) is 11.5 Å². The first-order valence-electron chi connectivity index (χ1n) is 8.49. The minimum atomic E-state index is -0.426. The number of hydrogen-bond donors (Lipinski definition) is 2. The third-order valence-corrected chi connectivity index (χ3v) is 3.57. The van der Waals surface area contributed by atoms with Crippen LogP contribution in [-0.2, 0) is 14.3 Å². The van der Waals surface area contributed by atoms with Gasteiger partial charge in [0.25, 0.3) is 0 Å². The predicted molar refractivity (Wildman–Crippen MR) is 102 cm³/mol. The van der Waals surface area contributed by atoms with Crippen LogP contribution in [0.2, 0.25) is 0 Å². The molecule has 1 fully saturated rings. The van der Waals surface area contributed by atoms with Crippen molar-refractivity contribution < 1.29 is 14.3 Å². The summed E-state index contributed by atoms with van der Waals surface area (Å²) in [6.07, 6.45) is 9.09. The number of carbonyl (C=O) groups is 2. The average molecular weight is 354 g/mol. The van der Waals surface area contributed by atoms with Crippen LogP contribution in [0, 0.1) is 24.7 Å². The van der Waals surface area contributed by atoms with Crippen LogP contribution >= 0.6 is 0 Å². The molecule has 0 aromatic rings. The number of carbonyl (C=O) groups excluding carboxylic acids is 2. The van der Waals surface area contributed by atoms with Gasteiger partial charge in [0, 0.05) is 26.2 Å². The van der Waals surface area contributed by atoms with Crippen molar-refractivity contribution >= 4 is 17.8 Å². The first-order valence-corrected chi connectivity index (χ1v) is 8.49. The second-order valence-electron chi connectivity index (χ2n) is 6.05. The van der Waals surface area contributed by atoms with Crippen LogP contribution in [-0.4, -0.2) is 48.5 Å². The van der Waals surface area contributed by atoms with Gasteiger partial charge in [-0.3, -0.25) is 14.5 Å². The van der Waals surface area contributed by atoms with Gasteiger partial charge < -0.3 is 16.2 Å². The second-order valence-corrected chi connectivity index (χ2v) is 6.05. The number of aliphatic imine (C=N–C) groups is 1. The highest BCUT2D eigenvalue weighted by Crippen LogP contribution is 2.39. The summed E-state index contributed by atoms with van der Waals surface area (Å²) in [5.41, 5.74) is 10.6. The van der Waals surface area contributed by atoms with E-state index < -0.39 is 5.54 Å². The van der Waals surface area contributed by atoms with Gasteiger partial charge in [0.15, 0.2) is 5.96 Å². The summed E-state index contributed by atoms with van der Waals surface area (Å²) in [6, 6.07) is 0. The molecule has 25 heavy (non-hydrogen) atoms. The lowest BCUT2D eigenvalue weighted by molar-refractivity contribution is -0.129. The summed E-state index contributed by atoms with van der Waals surface area (Å²) in [5.74, 6) is -0.0359. The first kappa shape index (κ1) is 25.2. The van der Waals surface area contributed by atoms with E-state index in [-0.39, 0.29) is 29.6 Å². The zero-order valence-corrected chi connectivity index (χ0v) is 16.4. The van der Waals surface area contributed by atoms with Crippen molar-refractivity contribution in [3.8, 4) is 12.8 Å². The molecule has 1 heterocycles. The van der Waals surface area contributed by atoms with Gasteiger partial charge in [0.1, 0.15) is 0 Å². The van der Waals surface area contributed by atoms with E-state index in [1.807, 2.05) is 34.6 Å². The maximum atomic E-state index is 11.9. The van der Waals surface area contributed by atoms with Gasteiger partial charge in [-0.25, -0.2) is 4.99 Å². The molecule has 4 N–H and O–H groups in total. The minimum Gasteiger partial charge on any atom is -0.385 e. The largest absolute Gasteiger partial charge is 0.385 e. The van der Waals surface area contributed by atoms with Crippen LogP contribution in [0.3, 0.4) is 0 Å². The third-order valence-electron chi connectivity index (χ3n) is 3.57. The number of amides is 2. The van der Waals surface area contributed by atoms with Gasteiger partial charge in [-0.2, -0.15) is 0 Å². The van der Waals surface area contributed by atoms with Crippen LogP contribution < -0.4 is 11.5 Å². The third kappa shape index (κ3) is 9.11. The fourth-order valence-corrected chi connectivity index (χ4v) is 2.23. The lowest BCUT2D eigenvalue weighted by Crippen LogP contribution is -2.50. The molecule has 2 amide bonds. The molecule has 1 aliphatic carbocycles. The number of guanidine groups is 1. The highest BCUT2D eigenvalue weighted by Gasteiger charge is 2.45. The van der Waals surface area contributed by atoms with Crippen molar-refractivity contribution in [2.24, 2.45) is 28.3 Å². The highest BCUT2D eigenvalue weighted by atomic mass is 16.5. The highest BCUT2D eigenvalue weighted by molar-refractivity contribution is 5.99. The van der Waals surface area contributed by atoms with Gasteiger partial charge in [-0.1, -0.05) is 13.8 Å². The number of methoxy groups -OCH3 is 1.